The lowest BCUT2D eigenvalue weighted by molar-refractivity contribution is 0.0773. The number of rotatable bonds is 8. The van der Waals surface area contributed by atoms with E-state index in [1.807, 2.05) is 49.1 Å². The second-order valence-electron chi connectivity index (χ2n) is 8.21. The summed E-state index contributed by atoms with van der Waals surface area (Å²) < 4.78 is 4.75. The number of anilines is 1. The molecular formula is C26H36N4O3. The van der Waals surface area contributed by atoms with Gasteiger partial charge in [-0.3, -0.25) is 15.0 Å². The zero-order valence-corrected chi connectivity index (χ0v) is 20.2. The second-order valence-corrected chi connectivity index (χ2v) is 8.21. The maximum atomic E-state index is 12.8. The fraction of sp³-hybridized carbons (Fsp3) is 0.462. The fourth-order valence-electron chi connectivity index (χ4n) is 4.41. The van der Waals surface area contributed by atoms with Crippen molar-refractivity contribution in [2.75, 3.05) is 58.2 Å². The lowest BCUT2D eigenvalue weighted by Crippen LogP contribution is -2.47. The summed E-state index contributed by atoms with van der Waals surface area (Å²) in [5.41, 5.74) is 3.63. The molecule has 0 aromatic heterocycles. The van der Waals surface area contributed by atoms with E-state index in [1.165, 1.54) is 7.11 Å². The number of likely N-dealkylation sites (N-methyl/N-ethyl adjacent to an activating group) is 1. The highest BCUT2D eigenvalue weighted by molar-refractivity contribution is 5.94. The maximum Gasteiger partial charge on any atom is 0.411 e. The molecule has 33 heavy (non-hydrogen) atoms. The number of nitrogens with zero attached hydrogens (tertiary/aromatic N) is 3. The highest BCUT2D eigenvalue weighted by atomic mass is 16.5. The molecule has 2 aromatic rings. The molecule has 1 N–H and O–H groups in total. The lowest BCUT2D eigenvalue weighted by atomic mass is 9.95. The smallest absolute Gasteiger partial charge is 0.411 e. The molecule has 7 nitrogen and oxygen atoms in total. The summed E-state index contributed by atoms with van der Waals surface area (Å²) in [5, 5.41) is 2.77. The molecule has 1 atom stereocenters. The van der Waals surface area contributed by atoms with Crippen LogP contribution in [0.15, 0.2) is 48.5 Å². The van der Waals surface area contributed by atoms with Crippen molar-refractivity contribution < 1.29 is 14.3 Å². The lowest BCUT2D eigenvalue weighted by Gasteiger charge is -2.39. The summed E-state index contributed by atoms with van der Waals surface area (Å²) in [4.78, 5) is 31.2. The number of benzene rings is 2. The second kappa shape index (κ2) is 11.8. The van der Waals surface area contributed by atoms with Crippen molar-refractivity contribution in [3.8, 4) is 0 Å². The summed E-state index contributed by atoms with van der Waals surface area (Å²) in [6, 6.07) is 15.9. The van der Waals surface area contributed by atoms with Crippen LogP contribution in [0, 0.1) is 0 Å². The summed E-state index contributed by atoms with van der Waals surface area (Å²) in [6.45, 7) is 12.6. The van der Waals surface area contributed by atoms with Crippen LogP contribution in [0.25, 0.3) is 0 Å². The van der Waals surface area contributed by atoms with Gasteiger partial charge < -0.3 is 14.5 Å². The molecular weight excluding hydrogens is 416 g/mol. The molecule has 2 amide bonds. The minimum Gasteiger partial charge on any atom is -0.453 e. The average Bonchev–Trinajstić information content (AvgIpc) is 2.86. The normalized spacial score (nSPS) is 15.6. The molecule has 7 heteroatoms. The van der Waals surface area contributed by atoms with Gasteiger partial charge in [-0.25, -0.2) is 4.79 Å². The van der Waals surface area contributed by atoms with Crippen LogP contribution in [0.2, 0.25) is 0 Å². The number of amides is 2. The third-order valence-corrected chi connectivity index (χ3v) is 6.38. The van der Waals surface area contributed by atoms with Crippen LogP contribution in [0.5, 0.6) is 0 Å². The van der Waals surface area contributed by atoms with Gasteiger partial charge in [0.1, 0.15) is 0 Å². The van der Waals surface area contributed by atoms with Crippen LogP contribution in [0.3, 0.4) is 0 Å². The van der Waals surface area contributed by atoms with E-state index in [4.69, 9.17) is 4.74 Å². The Hall–Kier alpha value is -2.90. The van der Waals surface area contributed by atoms with E-state index in [1.54, 1.807) is 0 Å². The molecule has 0 saturated carbocycles. The molecule has 0 aliphatic carbocycles. The average molecular weight is 453 g/mol. The largest absolute Gasteiger partial charge is 0.453 e. The van der Waals surface area contributed by atoms with Crippen LogP contribution in [-0.2, 0) is 4.74 Å². The van der Waals surface area contributed by atoms with E-state index in [0.717, 1.165) is 43.9 Å². The van der Waals surface area contributed by atoms with E-state index in [0.29, 0.717) is 24.3 Å². The molecule has 1 aliphatic rings. The first-order valence-corrected chi connectivity index (χ1v) is 11.8. The van der Waals surface area contributed by atoms with Crippen molar-refractivity contribution in [2.45, 2.75) is 26.8 Å². The molecule has 3 rings (SSSR count). The van der Waals surface area contributed by atoms with Gasteiger partial charge in [-0.2, -0.15) is 0 Å². The number of methoxy groups -OCH3 is 1. The molecule has 178 valence electrons. The molecule has 1 fully saturated rings. The molecule has 1 saturated heterocycles. The Morgan fingerprint density at radius 3 is 2.21 bits per heavy atom. The summed E-state index contributed by atoms with van der Waals surface area (Å²) in [6.07, 6.45) is -0.487. The molecule has 0 spiro atoms. The zero-order chi connectivity index (χ0) is 23.8. The predicted molar refractivity (Wildman–Crippen MR) is 132 cm³/mol. The fourth-order valence-corrected chi connectivity index (χ4v) is 4.41. The van der Waals surface area contributed by atoms with Crippen molar-refractivity contribution in [1.29, 1.82) is 0 Å². The molecule has 1 aliphatic heterocycles. The van der Waals surface area contributed by atoms with Crippen molar-refractivity contribution >= 4 is 17.7 Å². The molecule has 1 heterocycles. The number of ether oxygens (including phenoxy) is 1. The summed E-state index contributed by atoms with van der Waals surface area (Å²) in [7, 11) is 1.36. The molecule has 0 unspecified atom stereocenters. The van der Waals surface area contributed by atoms with Crippen molar-refractivity contribution in [2.24, 2.45) is 0 Å². The van der Waals surface area contributed by atoms with Gasteiger partial charge in [0.15, 0.2) is 0 Å². The molecule has 0 radical (unpaired) electrons. The topological polar surface area (TPSA) is 65.1 Å². The monoisotopic (exact) mass is 452 g/mol. The van der Waals surface area contributed by atoms with Gasteiger partial charge in [0.25, 0.3) is 5.91 Å². The summed E-state index contributed by atoms with van der Waals surface area (Å²) >= 11 is 0. The van der Waals surface area contributed by atoms with E-state index < -0.39 is 6.09 Å². The van der Waals surface area contributed by atoms with Gasteiger partial charge in [0.05, 0.1) is 13.2 Å². The number of carbonyl (C=O) groups is 2. The van der Waals surface area contributed by atoms with Crippen molar-refractivity contribution in [1.82, 2.24) is 14.7 Å². The Kier molecular flexibility index (Phi) is 8.86. The molecule has 2 aromatic carbocycles. The van der Waals surface area contributed by atoms with Gasteiger partial charge >= 0.3 is 6.09 Å². The Morgan fingerprint density at radius 1 is 0.970 bits per heavy atom. The first-order chi connectivity index (χ1) is 16.0. The minimum atomic E-state index is -0.487. The third kappa shape index (κ3) is 6.12. The Balaban J connectivity index is 1.92. The van der Waals surface area contributed by atoms with Gasteiger partial charge in [0, 0.05) is 50.5 Å². The van der Waals surface area contributed by atoms with Crippen LogP contribution < -0.4 is 5.32 Å². The number of nitrogens with one attached hydrogen (secondary N) is 1. The quantitative estimate of drug-likeness (QED) is 0.654. The SMILES string of the molecule is CCN1CCN([C@@H](c2ccc(C(=O)N(CC)CC)cc2)c2cccc(NC(=O)OC)c2)CC1. The Morgan fingerprint density at radius 2 is 1.64 bits per heavy atom. The van der Waals surface area contributed by atoms with Crippen LogP contribution in [0.4, 0.5) is 10.5 Å². The van der Waals surface area contributed by atoms with E-state index in [9.17, 15) is 9.59 Å². The number of carbonyl (C=O) groups excluding carboxylic acids is 2. The standard InChI is InChI=1S/C26H36N4O3/c1-5-28-15-17-30(18-16-28)24(22-9-8-10-23(19-22)27-26(32)33-4)20-11-13-21(14-12-20)25(31)29(6-2)7-3/h8-14,19,24H,5-7,15-18H2,1-4H3,(H,27,32)/t24-/m0/s1. The summed E-state index contributed by atoms with van der Waals surface area (Å²) in [5.74, 6) is 0.0592. The van der Waals surface area contributed by atoms with E-state index in [2.05, 4.69) is 40.2 Å². The number of piperazine rings is 1. The Bertz CT molecular complexity index is 919. The third-order valence-electron chi connectivity index (χ3n) is 6.38. The highest BCUT2D eigenvalue weighted by Crippen LogP contribution is 2.31. The maximum absolute atomic E-state index is 12.8. The number of hydrogen-bond acceptors (Lipinski definition) is 5. The van der Waals surface area contributed by atoms with Crippen molar-refractivity contribution in [3.05, 3.63) is 65.2 Å². The number of hydrogen-bond donors (Lipinski definition) is 1. The molecule has 0 bridgehead atoms. The van der Waals surface area contributed by atoms with Gasteiger partial charge in [-0.05, 0) is 55.8 Å². The van der Waals surface area contributed by atoms with Crippen molar-refractivity contribution in [3.63, 3.8) is 0 Å². The first kappa shape index (κ1) is 24.7. The van der Waals surface area contributed by atoms with Gasteiger partial charge in [-0.1, -0.05) is 31.2 Å². The van der Waals surface area contributed by atoms with E-state index >= 15 is 0 Å². The van der Waals surface area contributed by atoms with Crippen LogP contribution >= 0.6 is 0 Å². The Labute approximate surface area is 197 Å². The minimum absolute atomic E-state index is 0.0287. The van der Waals surface area contributed by atoms with Gasteiger partial charge in [0.2, 0.25) is 0 Å². The van der Waals surface area contributed by atoms with Gasteiger partial charge in [-0.15, -0.1) is 0 Å². The first-order valence-electron chi connectivity index (χ1n) is 11.8. The van der Waals surface area contributed by atoms with Crippen LogP contribution in [0.1, 0.15) is 48.3 Å². The van der Waals surface area contributed by atoms with E-state index in [-0.39, 0.29) is 11.9 Å². The predicted octanol–water partition coefficient (Wildman–Crippen LogP) is 4.07. The zero-order valence-electron chi connectivity index (χ0n) is 20.2. The highest BCUT2D eigenvalue weighted by Gasteiger charge is 2.26. The van der Waals surface area contributed by atoms with Crippen LogP contribution in [-0.4, -0.2) is 79.6 Å².